The molecule has 2 heterocycles. The lowest BCUT2D eigenvalue weighted by Crippen LogP contribution is -2.39. The highest BCUT2D eigenvalue weighted by Crippen LogP contribution is 2.52. The van der Waals surface area contributed by atoms with Crippen LogP contribution in [0, 0.1) is 41.5 Å². The van der Waals surface area contributed by atoms with Crippen molar-refractivity contribution in [1.82, 2.24) is 0 Å². The zero-order valence-corrected chi connectivity index (χ0v) is 47.8. The fraction of sp³-hybridized carbons (Fsp3) is 0.362. The molecule has 0 N–H and O–H groups in total. The molecule has 0 spiro atoms. The zero-order chi connectivity index (χ0) is 50.3. The van der Waals surface area contributed by atoms with Crippen molar-refractivity contribution in [2.75, 3.05) is 6.61 Å². The first-order valence-electron chi connectivity index (χ1n) is 24.1. The summed E-state index contributed by atoms with van der Waals surface area (Å²) in [6, 6.07) is 31.1. The molecule has 8 rings (SSSR count). The number of carbonyl (C=O) groups is 1. The van der Waals surface area contributed by atoms with Gasteiger partial charge in [0.25, 0.3) is 0 Å². The molecule has 69 heavy (non-hydrogen) atoms. The van der Waals surface area contributed by atoms with E-state index in [0.29, 0.717) is 11.5 Å². The summed E-state index contributed by atoms with van der Waals surface area (Å²) in [7, 11) is -8.79. The summed E-state index contributed by atoms with van der Waals surface area (Å²) in [4.78, 5) is 12.7. The monoisotopic (exact) mass is 996 g/mol. The maximum Gasteiger partial charge on any atom is 0.465 e. The Hall–Kier alpha value is -4.89. The van der Waals surface area contributed by atoms with E-state index >= 15 is 0 Å². The molecule has 0 saturated carbocycles. The highest BCUT2D eigenvalue weighted by atomic mass is 31.2. The molecule has 362 valence electrons. The van der Waals surface area contributed by atoms with Crippen LogP contribution in [0.2, 0.25) is 39.3 Å². The van der Waals surface area contributed by atoms with Crippen LogP contribution in [0.5, 0.6) is 11.5 Å². The lowest BCUT2D eigenvalue weighted by atomic mass is 9.84. The molecule has 1 saturated heterocycles. The number of carbonyl (C=O) groups excluding carboxylic acids is 1. The number of rotatable bonds is 9. The largest absolute Gasteiger partial charge is 0.465 e. The third-order valence-corrected chi connectivity index (χ3v) is 19.1. The van der Waals surface area contributed by atoms with Crippen LogP contribution in [0.4, 0.5) is 0 Å². The standard InChI is InChI=1S/C58H70O7P2Si2/c1-34-25-36(3)51(37(4)26-34)40-29-44(55(48(31-40)68(13,14)15)64-66-60-33-50(59)61-66)45-30-41(52-38(5)27-35(2)28-39(52)6)32-49(69(16,17)18)56(45)65-67-62-53-42(21-19-23-46(53)57(7,8)9)43-22-20-24-47(54(43)63-67)58(10,11)12/h19-32H,33H2,1-18H3. The van der Waals surface area contributed by atoms with Gasteiger partial charge >= 0.3 is 22.8 Å². The Bertz CT molecular complexity index is 3110. The lowest BCUT2D eigenvalue weighted by molar-refractivity contribution is -0.132. The SMILES string of the molecule is Cc1cc(C)c(-c2cc(-c3cc(-c4c(C)cc(C)cc4C)cc([Si](C)(C)C)c3Op3oc4c(C(C)(C)C)cccc4c4cccc(C(C)(C)C)c4o3)c(OP3OCC(=O)O3)c([Si](C)(C)C)c2)c(C)c1. The summed E-state index contributed by atoms with van der Waals surface area (Å²) in [5.41, 5.74) is 16.6. The second kappa shape index (κ2) is 18.4. The van der Waals surface area contributed by atoms with E-state index in [2.05, 4.69) is 207 Å². The van der Waals surface area contributed by atoms with Crippen molar-refractivity contribution in [2.24, 2.45) is 0 Å². The van der Waals surface area contributed by atoms with Gasteiger partial charge in [-0.25, -0.2) is 4.79 Å². The summed E-state index contributed by atoms with van der Waals surface area (Å²) in [5, 5.41) is 4.15. The first-order chi connectivity index (χ1) is 32.1. The van der Waals surface area contributed by atoms with Crippen LogP contribution in [-0.4, -0.2) is 28.7 Å². The zero-order valence-electron chi connectivity index (χ0n) is 44.0. The second-order valence-corrected chi connectivity index (χ2v) is 35.4. The molecule has 0 aliphatic carbocycles. The summed E-state index contributed by atoms with van der Waals surface area (Å²) in [6.45, 7) is 40.4. The van der Waals surface area contributed by atoms with Crippen molar-refractivity contribution in [3.05, 3.63) is 129 Å². The molecular weight excluding hydrogens is 927 g/mol. The molecule has 0 radical (unpaired) electrons. The topological polar surface area (TPSA) is 80.3 Å². The molecule has 0 amide bonds. The average molecular weight is 997 g/mol. The van der Waals surface area contributed by atoms with Crippen LogP contribution in [-0.2, 0) is 24.7 Å². The maximum absolute atomic E-state index is 12.7. The molecule has 7 nitrogen and oxygen atoms in total. The molecular formula is C58H70O7P2Si2. The maximum atomic E-state index is 12.7. The minimum Gasteiger partial charge on any atom is -0.417 e. The van der Waals surface area contributed by atoms with Gasteiger partial charge in [-0.05, 0) is 119 Å². The van der Waals surface area contributed by atoms with E-state index < -0.39 is 39.0 Å². The molecule has 11 heteroatoms. The molecule has 0 bridgehead atoms. The Morgan fingerprint density at radius 3 is 1.28 bits per heavy atom. The molecule has 1 unspecified atom stereocenters. The van der Waals surface area contributed by atoms with Crippen molar-refractivity contribution in [3.8, 4) is 44.9 Å². The van der Waals surface area contributed by atoms with Gasteiger partial charge in [-0.15, -0.1) is 0 Å². The predicted molar refractivity (Wildman–Crippen MR) is 296 cm³/mol. The average Bonchev–Trinajstić information content (AvgIpc) is 3.55. The number of para-hydroxylation sites is 2. The summed E-state index contributed by atoms with van der Waals surface area (Å²) in [5.74, 6) is 0.890. The third-order valence-electron chi connectivity index (χ3n) is 13.1. The fourth-order valence-electron chi connectivity index (χ4n) is 10.0. The Morgan fingerprint density at radius 2 is 0.928 bits per heavy atom. The number of hydrogen-bond acceptors (Lipinski definition) is 7. The van der Waals surface area contributed by atoms with Crippen molar-refractivity contribution in [3.63, 3.8) is 0 Å². The molecule has 1 atom stereocenters. The van der Waals surface area contributed by atoms with Gasteiger partial charge in [-0.1, -0.05) is 165 Å². The van der Waals surface area contributed by atoms with Gasteiger partial charge in [0.15, 0.2) is 6.61 Å². The van der Waals surface area contributed by atoms with Gasteiger partial charge in [0, 0.05) is 33.0 Å². The van der Waals surface area contributed by atoms with E-state index in [1.165, 1.54) is 44.5 Å². The number of aryl methyl sites for hydroxylation is 6. The van der Waals surface area contributed by atoms with Gasteiger partial charge in [-0.3, -0.25) is 4.52 Å². The fourth-order valence-corrected chi connectivity index (χ4v) is 15.2. The number of fused-ring (bicyclic) bond motifs is 3. The van der Waals surface area contributed by atoms with Gasteiger partial charge in [0.05, 0.1) is 16.1 Å². The van der Waals surface area contributed by atoms with E-state index in [0.717, 1.165) is 65.7 Å². The van der Waals surface area contributed by atoms with Gasteiger partial charge in [0.2, 0.25) is 0 Å². The minimum atomic E-state index is -2.34. The van der Waals surface area contributed by atoms with E-state index in [1.807, 2.05) is 0 Å². The molecule has 1 aliphatic rings. The van der Waals surface area contributed by atoms with E-state index in [1.54, 1.807) is 0 Å². The summed E-state index contributed by atoms with van der Waals surface area (Å²) >= 11 is 0. The van der Waals surface area contributed by atoms with E-state index in [9.17, 15) is 4.79 Å². The first-order valence-corrected chi connectivity index (χ1v) is 33.3. The normalized spacial score (nSPS) is 14.7. The van der Waals surface area contributed by atoms with Crippen LogP contribution >= 0.6 is 16.8 Å². The first kappa shape index (κ1) is 50.5. The molecule has 1 aromatic heterocycles. The molecule has 6 aromatic carbocycles. The summed E-state index contributed by atoms with van der Waals surface area (Å²) in [6.07, 6.45) is 0. The van der Waals surface area contributed by atoms with Crippen LogP contribution in [0.25, 0.3) is 55.3 Å². The van der Waals surface area contributed by atoms with Crippen LogP contribution in [0.3, 0.4) is 0 Å². The Labute approximate surface area is 414 Å². The van der Waals surface area contributed by atoms with Gasteiger partial charge < -0.3 is 22.0 Å². The Balaban J connectivity index is 1.58. The van der Waals surface area contributed by atoms with Crippen molar-refractivity contribution in [1.29, 1.82) is 0 Å². The number of benzene rings is 6. The lowest BCUT2D eigenvalue weighted by Gasteiger charge is -2.29. The predicted octanol–water partition coefficient (Wildman–Crippen LogP) is 16.8. The van der Waals surface area contributed by atoms with Crippen LogP contribution < -0.4 is 19.4 Å². The number of hydrogen-bond donors (Lipinski definition) is 0. The molecule has 1 aliphatic heterocycles. The highest BCUT2D eigenvalue weighted by Gasteiger charge is 2.37. The van der Waals surface area contributed by atoms with Crippen LogP contribution in [0.15, 0.2) is 93.3 Å². The van der Waals surface area contributed by atoms with Gasteiger partial charge in [0.1, 0.15) is 22.7 Å². The minimum absolute atomic E-state index is 0.159. The summed E-state index contributed by atoms with van der Waals surface area (Å²) < 4.78 is 40.9. The highest BCUT2D eigenvalue weighted by molar-refractivity contribution is 7.43. The van der Waals surface area contributed by atoms with E-state index in [4.69, 9.17) is 26.5 Å². The van der Waals surface area contributed by atoms with Crippen molar-refractivity contribution >= 4 is 71.3 Å². The van der Waals surface area contributed by atoms with Crippen LogP contribution in [0.1, 0.15) is 86.1 Å². The van der Waals surface area contributed by atoms with Gasteiger partial charge in [-0.2, -0.15) is 0 Å². The molecule has 1 fully saturated rings. The van der Waals surface area contributed by atoms with E-state index in [-0.39, 0.29) is 17.4 Å². The third kappa shape index (κ3) is 10.2. The van der Waals surface area contributed by atoms with Crippen molar-refractivity contribution in [2.45, 2.75) is 133 Å². The Kier molecular flexibility index (Phi) is 13.4. The Morgan fingerprint density at radius 1 is 0.536 bits per heavy atom. The quantitative estimate of drug-likeness (QED) is 0.105. The van der Waals surface area contributed by atoms with Crippen molar-refractivity contribution < 1.29 is 31.3 Å². The molecule has 7 aromatic rings. The second-order valence-electron chi connectivity index (χ2n) is 23.3. The smallest absolute Gasteiger partial charge is 0.417 e.